The molecule has 1 aliphatic heterocycles. The van der Waals surface area contributed by atoms with E-state index >= 15 is 0 Å². The number of sulfonamides is 1. The van der Waals surface area contributed by atoms with Crippen LogP contribution in [0.2, 0.25) is 10.0 Å². The van der Waals surface area contributed by atoms with Crippen molar-refractivity contribution in [1.29, 1.82) is 0 Å². The summed E-state index contributed by atoms with van der Waals surface area (Å²) in [4.78, 5) is 2.41. The van der Waals surface area contributed by atoms with Gasteiger partial charge in [-0.1, -0.05) is 42.3 Å². The molecule has 8 nitrogen and oxygen atoms in total. The summed E-state index contributed by atoms with van der Waals surface area (Å²) in [5.74, 6) is 0.0508. The molecule has 0 spiro atoms. The second-order valence-electron chi connectivity index (χ2n) is 8.86. The molecule has 2 N–H and O–H groups in total. The molecule has 0 bridgehead atoms. The van der Waals surface area contributed by atoms with Gasteiger partial charge in [0, 0.05) is 42.1 Å². The number of fused-ring (bicyclic) bond motifs is 1. The number of halogens is 2. The van der Waals surface area contributed by atoms with Gasteiger partial charge in [-0.2, -0.15) is 0 Å². The lowest BCUT2D eigenvalue weighted by Crippen LogP contribution is -2.31. The molecule has 2 aromatic carbocycles. The van der Waals surface area contributed by atoms with E-state index in [4.69, 9.17) is 37.4 Å². The van der Waals surface area contributed by atoms with E-state index in [0.717, 1.165) is 42.9 Å². The fraction of sp³-hybridized carbons (Fsp3) is 0.538. The van der Waals surface area contributed by atoms with Crippen molar-refractivity contribution in [3.8, 4) is 0 Å². The number of ether oxygens (including phenoxy) is 3. The first kappa shape index (κ1) is 30.3. The summed E-state index contributed by atoms with van der Waals surface area (Å²) in [6.07, 6.45) is 0. The van der Waals surface area contributed by atoms with Crippen LogP contribution in [0.4, 0.5) is 0 Å². The summed E-state index contributed by atoms with van der Waals surface area (Å²) in [7, 11) is -1.60. The fourth-order valence-electron chi connectivity index (χ4n) is 4.20. The average molecular weight is 575 g/mol. The molecule has 2 aromatic rings. The lowest BCUT2D eigenvalue weighted by atomic mass is 9.85. The summed E-state index contributed by atoms with van der Waals surface area (Å²) in [5.41, 5.74) is 3.15. The van der Waals surface area contributed by atoms with Crippen molar-refractivity contribution >= 4 is 33.2 Å². The molecule has 1 aliphatic rings. The molecule has 11 heteroatoms. The van der Waals surface area contributed by atoms with E-state index < -0.39 is 10.0 Å². The van der Waals surface area contributed by atoms with Gasteiger partial charge in [-0.15, -0.1) is 0 Å². The van der Waals surface area contributed by atoms with Crippen LogP contribution in [-0.4, -0.2) is 86.2 Å². The highest BCUT2D eigenvalue weighted by atomic mass is 35.5. The molecular weight excluding hydrogens is 537 g/mol. The maximum Gasteiger partial charge on any atom is 0.240 e. The summed E-state index contributed by atoms with van der Waals surface area (Å²) >= 11 is 12.7. The molecule has 0 fully saturated rings. The summed E-state index contributed by atoms with van der Waals surface area (Å²) in [6.45, 7) is 8.30. The Morgan fingerprint density at radius 1 is 0.946 bits per heavy atom. The Morgan fingerprint density at radius 2 is 1.57 bits per heavy atom. The van der Waals surface area contributed by atoms with Crippen LogP contribution in [0.1, 0.15) is 29.5 Å². The SMILES string of the molecule is CCNCCOCCOCCOCCNS(=O)(=O)c1ccc([C@@H]2CN(C)Cc3c(Cl)cc(Cl)cc32)cc1. The number of likely N-dealkylation sites (N-methyl/N-ethyl adjacent to an activating group) is 2. The van der Waals surface area contributed by atoms with Crippen LogP contribution in [0, 0.1) is 0 Å². The highest BCUT2D eigenvalue weighted by Gasteiger charge is 2.27. The van der Waals surface area contributed by atoms with Gasteiger partial charge >= 0.3 is 0 Å². The average Bonchev–Trinajstić information content (AvgIpc) is 2.87. The number of benzene rings is 2. The normalized spacial score (nSPS) is 16.2. The van der Waals surface area contributed by atoms with E-state index in [9.17, 15) is 8.42 Å². The monoisotopic (exact) mass is 573 g/mol. The number of rotatable bonds is 16. The Balaban J connectivity index is 1.41. The third kappa shape index (κ3) is 9.45. The molecule has 0 radical (unpaired) electrons. The van der Waals surface area contributed by atoms with E-state index in [-0.39, 0.29) is 24.0 Å². The third-order valence-electron chi connectivity index (χ3n) is 6.04. The first-order valence-corrected chi connectivity index (χ1v) is 14.8. The number of hydrogen-bond donors (Lipinski definition) is 2. The second kappa shape index (κ2) is 15.4. The van der Waals surface area contributed by atoms with Gasteiger partial charge in [0.15, 0.2) is 0 Å². The molecule has 0 aliphatic carbocycles. The van der Waals surface area contributed by atoms with Crippen LogP contribution in [0.25, 0.3) is 0 Å². The van der Waals surface area contributed by atoms with E-state index in [2.05, 4.69) is 21.9 Å². The minimum atomic E-state index is -3.64. The minimum absolute atomic E-state index is 0.0508. The Morgan fingerprint density at radius 3 is 2.22 bits per heavy atom. The first-order chi connectivity index (χ1) is 17.8. The second-order valence-corrected chi connectivity index (χ2v) is 11.5. The van der Waals surface area contributed by atoms with Crippen LogP contribution < -0.4 is 10.0 Å². The Hall–Kier alpha value is -1.27. The van der Waals surface area contributed by atoms with Crippen molar-refractivity contribution in [2.45, 2.75) is 24.3 Å². The largest absolute Gasteiger partial charge is 0.378 e. The van der Waals surface area contributed by atoms with E-state index in [1.165, 1.54) is 0 Å². The van der Waals surface area contributed by atoms with Crippen LogP contribution in [0.5, 0.6) is 0 Å². The summed E-state index contributed by atoms with van der Waals surface area (Å²) in [5, 5.41) is 4.43. The van der Waals surface area contributed by atoms with Gasteiger partial charge in [0.2, 0.25) is 10.0 Å². The standard InChI is InChI=1S/C26H37Cl2N3O5S/c1-3-29-8-10-34-12-14-36-15-13-35-11-9-30-37(32,33)22-6-4-20(5-7-22)24-18-31(2)19-25-23(24)16-21(27)17-26(25)28/h4-7,16-17,24,29-30H,3,8-15,18-19H2,1-2H3/t24-/m0/s1. The molecule has 0 unspecified atom stereocenters. The van der Waals surface area contributed by atoms with Crippen molar-refractivity contribution in [2.24, 2.45) is 0 Å². The topological polar surface area (TPSA) is 89.1 Å². The number of nitrogens with zero attached hydrogens (tertiary/aromatic N) is 1. The van der Waals surface area contributed by atoms with Crippen molar-refractivity contribution < 1.29 is 22.6 Å². The minimum Gasteiger partial charge on any atom is -0.378 e. The van der Waals surface area contributed by atoms with Crippen LogP contribution in [-0.2, 0) is 30.8 Å². The maximum atomic E-state index is 12.7. The molecule has 1 heterocycles. The molecule has 206 valence electrons. The zero-order valence-electron chi connectivity index (χ0n) is 21.5. The lowest BCUT2D eigenvalue weighted by Gasteiger charge is -2.33. The van der Waals surface area contributed by atoms with Crippen LogP contribution >= 0.6 is 23.2 Å². The van der Waals surface area contributed by atoms with Crippen molar-refractivity contribution in [1.82, 2.24) is 14.9 Å². The zero-order chi connectivity index (χ0) is 26.7. The van der Waals surface area contributed by atoms with Crippen molar-refractivity contribution in [2.75, 3.05) is 72.9 Å². The number of nitrogens with one attached hydrogen (secondary N) is 2. The maximum absolute atomic E-state index is 12.7. The molecule has 0 saturated carbocycles. The van der Waals surface area contributed by atoms with Crippen molar-refractivity contribution in [3.05, 3.63) is 63.1 Å². The first-order valence-electron chi connectivity index (χ1n) is 12.5. The molecular formula is C26H37Cl2N3O5S. The molecule has 0 saturated heterocycles. The van der Waals surface area contributed by atoms with Gasteiger partial charge in [-0.25, -0.2) is 13.1 Å². The quantitative estimate of drug-likeness (QED) is 0.297. The Labute approximate surface area is 230 Å². The predicted molar refractivity (Wildman–Crippen MR) is 147 cm³/mol. The van der Waals surface area contributed by atoms with Crippen molar-refractivity contribution in [3.63, 3.8) is 0 Å². The molecule has 3 rings (SSSR count). The zero-order valence-corrected chi connectivity index (χ0v) is 23.8. The van der Waals surface area contributed by atoms with Gasteiger partial charge in [-0.3, -0.25) is 0 Å². The van der Waals surface area contributed by atoms with Gasteiger partial charge in [0.05, 0.1) is 44.5 Å². The van der Waals surface area contributed by atoms with Gasteiger partial charge in [-0.05, 0) is 54.5 Å². The molecule has 0 aromatic heterocycles. The molecule has 1 atom stereocenters. The molecule has 0 amide bonds. The fourth-order valence-corrected chi connectivity index (χ4v) is 5.79. The highest BCUT2D eigenvalue weighted by Crippen LogP contribution is 2.38. The predicted octanol–water partition coefficient (Wildman–Crippen LogP) is 3.51. The van der Waals surface area contributed by atoms with Gasteiger partial charge < -0.3 is 24.4 Å². The van der Waals surface area contributed by atoms with Gasteiger partial charge in [0.25, 0.3) is 0 Å². The van der Waals surface area contributed by atoms with Gasteiger partial charge in [0.1, 0.15) is 0 Å². The molecule has 37 heavy (non-hydrogen) atoms. The summed E-state index contributed by atoms with van der Waals surface area (Å²) < 4.78 is 44.3. The summed E-state index contributed by atoms with van der Waals surface area (Å²) in [6, 6.07) is 10.7. The highest BCUT2D eigenvalue weighted by molar-refractivity contribution is 7.89. The smallest absolute Gasteiger partial charge is 0.240 e. The lowest BCUT2D eigenvalue weighted by molar-refractivity contribution is 0.0163. The van der Waals surface area contributed by atoms with E-state index in [1.807, 2.05) is 25.2 Å². The van der Waals surface area contributed by atoms with Crippen LogP contribution in [0.15, 0.2) is 41.3 Å². The third-order valence-corrected chi connectivity index (χ3v) is 8.07. The van der Waals surface area contributed by atoms with Crippen LogP contribution in [0.3, 0.4) is 0 Å². The Bertz CT molecular complexity index is 1090. The number of hydrogen-bond acceptors (Lipinski definition) is 7. The Kier molecular flexibility index (Phi) is 12.6. The van der Waals surface area contributed by atoms with E-state index in [1.54, 1.807) is 18.2 Å². The van der Waals surface area contributed by atoms with E-state index in [0.29, 0.717) is 43.1 Å².